The SMILES string of the molecule is C[C@H]1CN(C(=O)[C@@H](NC(=O)c2ccc(N3CCCS3(=O)=O)cc2)C2CCCC2)[C@@H]2C(=O)CO[C@@H]21. The van der Waals surface area contributed by atoms with Gasteiger partial charge in [-0.05, 0) is 49.4 Å². The fraction of sp³-hybridized carbons (Fsp3) is 0.625. The number of sulfonamides is 1. The molecule has 3 aliphatic heterocycles. The Bertz CT molecular complexity index is 1080. The number of benzene rings is 1. The Morgan fingerprint density at radius 3 is 2.47 bits per heavy atom. The zero-order valence-electron chi connectivity index (χ0n) is 19.3. The van der Waals surface area contributed by atoms with Crippen molar-refractivity contribution in [1.29, 1.82) is 0 Å². The molecule has 0 spiro atoms. The summed E-state index contributed by atoms with van der Waals surface area (Å²) < 4.78 is 31.3. The standard InChI is InChI=1S/C24H31N3O6S/c1-15-13-26(21-19(28)14-33-22(15)21)24(30)20(16-5-2-3-6-16)25-23(29)17-7-9-18(10-8-17)27-11-4-12-34(27,31)32/h7-10,15-16,20-22H,2-6,11-14H2,1H3,(H,25,29)/t15-,20-,21+,22+/m0/s1. The van der Waals surface area contributed by atoms with Crippen molar-refractivity contribution in [2.75, 3.05) is 29.8 Å². The van der Waals surface area contributed by atoms with Gasteiger partial charge in [-0.1, -0.05) is 19.8 Å². The molecule has 184 valence electrons. The first-order valence-electron chi connectivity index (χ1n) is 12.1. The summed E-state index contributed by atoms with van der Waals surface area (Å²) in [6.07, 6.45) is 4.03. The molecular weight excluding hydrogens is 458 g/mol. The lowest BCUT2D eigenvalue weighted by atomic mass is 9.95. The Morgan fingerprint density at radius 1 is 1.12 bits per heavy atom. The molecule has 0 aromatic heterocycles. The van der Waals surface area contributed by atoms with Gasteiger partial charge in [0, 0.05) is 24.6 Å². The van der Waals surface area contributed by atoms with Crippen LogP contribution in [0.3, 0.4) is 0 Å². The molecule has 2 amide bonds. The van der Waals surface area contributed by atoms with Crippen LogP contribution in [-0.4, -0.2) is 74.6 Å². The van der Waals surface area contributed by atoms with E-state index < -0.39 is 22.1 Å². The van der Waals surface area contributed by atoms with Gasteiger partial charge in [0.1, 0.15) is 18.7 Å². The molecule has 34 heavy (non-hydrogen) atoms. The summed E-state index contributed by atoms with van der Waals surface area (Å²) in [7, 11) is -3.30. The number of hydrogen-bond donors (Lipinski definition) is 1. The number of carbonyl (C=O) groups is 3. The fourth-order valence-electron chi connectivity index (χ4n) is 5.90. The molecule has 0 bridgehead atoms. The van der Waals surface area contributed by atoms with Crippen molar-refractivity contribution in [3.05, 3.63) is 29.8 Å². The van der Waals surface area contributed by atoms with Crippen LogP contribution in [0.25, 0.3) is 0 Å². The number of fused-ring (bicyclic) bond motifs is 1. The number of nitrogens with one attached hydrogen (secondary N) is 1. The zero-order chi connectivity index (χ0) is 24.0. The summed E-state index contributed by atoms with van der Waals surface area (Å²) in [6.45, 7) is 2.89. The Kier molecular flexibility index (Phi) is 6.14. The lowest BCUT2D eigenvalue weighted by molar-refractivity contribution is -0.139. The van der Waals surface area contributed by atoms with E-state index in [-0.39, 0.29) is 47.9 Å². The largest absolute Gasteiger partial charge is 0.367 e. The van der Waals surface area contributed by atoms with Gasteiger partial charge < -0.3 is 15.0 Å². The van der Waals surface area contributed by atoms with Crippen molar-refractivity contribution in [2.24, 2.45) is 11.8 Å². The molecule has 1 aromatic rings. The Balaban J connectivity index is 1.34. The van der Waals surface area contributed by atoms with E-state index in [1.807, 2.05) is 6.92 Å². The van der Waals surface area contributed by atoms with Crippen LogP contribution in [0.5, 0.6) is 0 Å². The van der Waals surface area contributed by atoms with Crippen molar-refractivity contribution in [1.82, 2.24) is 10.2 Å². The maximum atomic E-state index is 13.7. The first-order chi connectivity index (χ1) is 16.3. The molecule has 4 fully saturated rings. The Labute approximate surface area is 199 Å². The van der Waals surface area contributed by atoms with Crippen molar-refractivity contribution in [2.45, 2.75) is 57.2 Å². The Hall–Kier alpha value is -2.46. The molecule has 3 saturated heterocycles. The highest BCUT2D eigenvalue weighted by Crippen LogP contribution is 2.35. The van der Waals surface area contributed by atoms with Crippen molar-refractivity contribution in [3.63, 3.8) is 0 Å². The van der Waals surface area contributed by atoms with Gasteiger partial charge in [-0.15, -0.1) is 0 Å². The second-order valence-corrected chi connectivity index (χ2v) is 12.0. The highest BCUT2D eigenvalue weighted by Gasteiger charge is 2.52. The third-order valence-corrected chi connectivity index (χ3v) is 9.53. The van der Waals surface area contributed by atoms with Crippen LogP contribution in [0.1, 0.15) is 49.4 Å². The third-order valence-electron chi connectivity index (χ3n) is 7.66. The number of carbonyl (C=O) groups excluding carboxylic acids is 3. The predicted octanol–water partition coefficient (Wildman–Crippen LogP) is 1.33. The van der Waals surface area contributed by atoms with E-state index in [2.05, 4.69) is 5.32 Å². The summed E-state index contributed by atoms with van der Waals surface area (Å²) >= 11 is 0. The summed E-state index contributed by atoms with van der Waals surface area (Å²) in [6, 6.07) is 5.18. The molecule has 1 saturated carbocycles. The molecule has 4 atom stereocenters. The fourth-order valence-corrected chi connectivity index (χ4v) is 7.47. The molecule has 9 nitrogen and oxygen atoms in total. The van der Waals surface area contributed by atoms with Gasteiger partial charge in [-0.25, -0.2) is 8.42 Å². The van der Waals surface area contributed by atoms with Gasteiger partial charge in [0.05, 0.1) is 17.5 Å². The highest BCUT2D eigenvalue weighted by atomic mass is 32.2. The second kappa shape index (κ2) is 8.96. The molecule has 1 N–H and O–H groups in total. The molecule has 3 heterocycles. The monoisotopic (exact) mass is 489 g/mol. The normalized spacial score (nSPS) is 29.4. The number of likely N-dealkylation sites (tertiary alicyclic amines) is 1. The average Bonchev–Trinajstić information content (AvgIpc) is 3.59. The van der Waals surface area contributed by atoms with Crippen LogP contribution in [0.2, 0.25) is 0 Å². The van der Waals surface area contributed by atoms with Gasteiger partial charge in [-0.3, -0.25) is 18.7 Å². The van der Waals surface area contributed by atoms with E-state index in [4.69, 9.17) is 4.74 Å². The Morgan fingerprint density at radius 2 is 1.82 bits per heavy atom. The maximum absolute atomic E-state index is 13.7. The maximum Gasteiger partial charge on any atom is 0.251 e. The minimum Gasteiger partial charge on any atom is -0.367 e. The number of rotatable bonds is 5. The number of nitrogens with zero attached hydrogens (tertiary/aromatic N) is 2. The van der Waals surface area contributed by atoms with Crippen molar-refractivity contribution >= 4 is 33.3 Å². The molecule has 0 unspecified atom stereocenters. The van der Waals surface area contributed by atoms with E-state index in [0.29, 0.717) is 30.8 Å². The molecule has 1 aromatic carbocycles. The van der Waals surface area contributed by atoms with E-state index in [1.165, 1.54) is 4.31 Å². The van der Waals surface area contributed by atoms with Crippen LogP contribution in [-0.2, 0) is 24.3 Å². The number of ketones is 1. The topological polar surface area (TPSA) is 113 Å². The predicted molar refractivity (Wildman–Crippen MR) is 125 cm³/mol. The van der Waals surface area contributed by atoms with Crippen LogP contribution >= 0.6 is 0 Å². The number of hydrogen-bond acceptors (Lipinski definition) is 6. The summed E-state index contributed by atoms with van der Waals surface area (Å²) in [5, 5.41) is 2.95. The van der Waals surface area contributed by atoms with Gasteiger partial charge in [-0.2, -0.15) is 0 Å². The van der Waals surface area contributed by atoms with Gasteiger partial charge >= 0.3 is 0 Å². The summed E-state index contributed by atoms with van der Waals surface area (Å²) in [5.41, 5.74) is 0.901. The van der Waals surface area contributed by atoms with E-state index in [9.17, 15) is 22.8 Å². The molecule has 0 radical (unpaired) electrons. The smallest absolute Gasteiger partial charge is 0.251 e. The number of anilines is 1. The summed E-state index contributed by atoms with van der Waals surface area (Å²) in [5.74, 6) is -0.443. The molecular formula is C24H31N3O6S. The number of amides is 2. The lowest BCUT2D eigenvalue weighted by Gasteiger charge is -2.30. The number of Topliss-reactive ketones (excluding diaryl/α,β-unsaturated/α-hetero) is 1. The van der Waals surface area contributed by atoms with Crippen LogP contribution in [0.15, 0.2) is 24.3 Å². The van der Waals surface area contributed by atoms with Gasteiger partial charge in [0.15, 0.2) is 5.78 Å². The van der Waals surface area contributed by atoms with Crippen LogP contribution in [0, 0.1) is 11.8 Å². The zero-order valence-corrected chi connectivity index (χ0v) is 20.1. The first kappa shape index (κ1) is 23.3. The van der Waals surface area contributed by atoms with Gasteiger partial charge in [0.25, 0.3) is 5.91 Å². The third kappa shape index (κ3) is 4.11. The minimum atomic E-state index is -3.30. The van der Waals surface area contributed by atoms with Crippen LogP contribution < -0.4 is 9.62 Å². The number of ether oxygens (including phenoxy) is 1. The molecule has 1 aliphatic carbocycles. The second-order valence-electron chi connectivity index (χ2n) is 9.94. The lowest BCUT2D eigenvalue weighted by Crippen LogP contribution is -2.54. The highest BCUT2D eigenvalue weighted by molar-refractivity contribution is 7.93. The average molecular weight is 490 g/mol. The minimum absolute atomic E-state index is 0.0252. The van der Waals surface area contributed by atoms with E-state index >= 15 is 0 Å². The van der Waals surface area contributed by atoms with E-state index in [1.54, 1.807) is 29.2 Å². The quantitative estimate of drug-likeness (QED) is 0.668. The molecule has 10 heteroatoms. The van der Waals surface area contributed by atoms with E-state index in [0.717, 1.165) is 25.7 Å². The van der Waals surface area contributed by atoms with Crippen molar-refractivity contribution < 1.29 is 27.5 Å². The summed E-state index contributed by atoms with van der Waals surface area (Å²) in [4.78, 5) is 40.9. The molecule has 4 aliphatic rings. The van der Waals surface area contributed by atoms with Gasteiger partial charge in [0.2, 0.25) is 15.9 Å². The molecule has 5 rings (SSSR count). The van der Waals surface area contributed by atoms with Crippen molar-refractivity contribution in [3.8, 4) is 0 Å². The van der Waals surface area contributed by atoms with Crippen LogP contribution in [0.4, 0.5) is 5.69 Å². The first-order valence-corrected chi connectivity index (χ1v) is 13.7.